The summed E-state index contributed by atoms with van der Waals surface area (Å²) >= 11 is 5.91. The van der Waals surface area contributed by atoms with Crippen LogP contribution < -0.4 is 10.2 Å². The highest BCUT2D eigenvalue weighted by Crippen LogP contribution is 2.24. The van der Waals surface area contributed by atoms with Gasteiger partial charge in [-0.15, -0.1) is 0 Å². The molecule has 1 aliphatic heterocycles. The Morgan fingerprint density at radius 1 is 1.29 bits per heavy atom. The molecular weight excluding hydrogens is 331 g/mol. The van der Waals surface area contributed by atoms with Crippen molar-refractivity contribution in [1.29, 1.82) is 0 Å². The minimum atomic E-state index is -0.471. The van der Waals surface area contributed by atoms with Crippen LogP contribution in [-0.4, -0.2) is 32.2 Å². The number of nitrogens with zero attached hydrogens (tertiary/aromatic N) is 1. The lowest BCUT2D eigenvalue weighted by Gasteiger charge is -2.18. The zero-order chi connectivity index (χ0) is 17.1. The third-order valence-corrected chi connectivity index (χ3v) is 4.46. The minimum absolute atomic E-state index is 0.0896. The minimum Gasteiger partial charge on any atom is -0.380 e. The molecule has 3 rings (SSSR count). The summed E-state index contributed by atoms with van der Waals surface area (Å²) in [5.41, 5.74) is 1.99. The van der Waals surface area contributed by atoms with E-state index in [1.54, 1.807) is 7.11 Å². The van der Waals surface area contributed by atoms with E-state index in [9.17, 15) is 9.18 Å². The first kappa shape index (κ1) is 16.7. The van der Waals surface area contributed by atoms with Gasteiger partial charge in [-0.25, -0.2) is 4.39 Å². The standard InChI is InChI=1S/C18H18ClFN2O2/c1-24-15-8-9-22(11-15)14-5-3-13(4-6-14)21-18(23)16-7-2-12(20)10-17(16)19/h2-7,10,15H,8-9,11H2,1H3,(H,21,23)/t15-/m1/s1. The number of hydrogen-bond acceptors (Lipinski definition) is 3. The van der Waals surface area contributed by atoms with Crippen LogP contribution in [0.1, 0.15) is 16.8 Å². The summed E-state index contributed by atoms with van der Waals surface area (Å²) in [6.07, 6.45) is 1.28. The highest BCUT2D eigenvalue weighted by atomic mass is 35.5. The summed E-state index contributed by atoms with van der Waals surface area (Å²) in [7, 11) is 1.73. The number of ether oxygens (including phenoxy) is 1. The first-order chi connectivity index (χ1) is 11.6. The number of hydrogen-bond donors (Lipinski definition) is 1. The zero-order valence-electron chi connectivity index (χ0n) is 13.3. The van der Waals surface area contributed by atoms with E-state index in [2.05, 4.69) is 10.2 Å². The maximum absolute atomic E-state index is 13.1. The van der Waals surface area contributed by atoms with Gasteiger partial charge in [0.05, 0.1) is 16.7 Å². The van der Waals surface area contributed by atoms with Crippen LogP contribution in [0.3, 0.4) is 0 Å². The van der Waals surface area contributed by atoms with E-state index < -0.39 is 5.82 Å². The second-order valence-corrected chi connectivity index (χ2v) is 6.12. The average molecular weight is 349 g/mol. The fourth-order valence-corrected chi connectivity index (χ4v) is 3.04. The molecule has 0 aliphatic carbocycles. The van der Waals surface area contributed by atoms with Crippen LogP contribution >= 0.6 is 11.6 Å². The molecule has 0 bridgehead atoms. The lowest BCUT2D eigenvalue weighted by molar-refractivity contribution is 0.102. The van der Waals surface area contributed by atoms with E-state index in [4.69, 9.17) is 16.3 Å². The molecule has 1 N–H and O–H groups in total. The molecule has 24 heavy (non-hydrogen) atoms. The largest absolute Gasteiger partial charge is 0.380 e. The van der Waals surface area contributed by atoms with E-state index in [1.165, 1.54) is 12.1 Å². The lowest BCUT2D eigenvalue weighted by atomic mass is 10.2. The first-order valence-corrected chi connectivity index (χ1v) is 8.09. The second kappa shape index (κ2) is 7.20. The van der Waals surface area contributed by atoms with Crippen LogP contribution in [0.4, 0.5) is 15.8 Å². The van der Waals surface area contributed by atoms with Gasteiger partial charge >= 0.3 is 0 Å². The number of methoxy groups -OCH3 is 1. The Hall–Kier alpha value is -2.11. The predicted molar refractivity (Wildman–Crippen MR) is 93.4 cm³/mol. The first-order valence-electron chi connectivity index (χ1n) is 7.71. The molecule has 0 saturated carbocycles. The average Bonchev–Trinajstić information content (AvgIpc) is 3.04. The molecular formula is C18H18ClFN2O2. The van der Waals surface area contributed by atoms with Crippen molar-refractivity contribution in [2.24, 2.45) is 0 Å². The maximum atomic E-state index is 13.1. The van der Waals surface area contributed by atoms with Gasteiger partial charge < -0.3 is 15.0 Å². The molecule has 1 heterocycles. The van der Waals surface area contributed by atoms with Crippen LogP contribution in [-0.2, 0) is 4.74 Å². The molecule has 0 aromatic heterocycles. The third kappa shape index (κ3) is 3.68. The van der Waals surface area contributed by atoms with Gasteiger partial charge in [0.2, 0.25) is 0 Å². The lowest BCUT2D eigenvalue weighted by Crippen LogP contribution is -2.22. The number of halogens is 2. The molecule has 0 radical (unpaired) electrons. The topological polar surface area (TPSA) is 41.6 Å². The number of carbonyl (C=O) groups excluding carboxylic acids is 1. The van der Waals surface area contributed by atoms with Crippen LogP contribution in [0.25, 0.3) is 0 Å². The van der Waals surface area contributed by atoms with Crippen LogP contribution in [0, 0.1) is 5.82 Å². The van der Waals surface area contributed by atoms with E-state index in [0.717, 1.165) is 31.3 Å². The van der Waals surface area contributed by atoms with Crippen molar-refractivity contribution in [2.45, 2.75) is 12.5 Å². The molecule has 126 valence electrons. The second-order valence-electron chi connectivity index (χ2n) is 5.72. The number of carbonyl (C=O) groups is 1. The molecule has 4 nitrogen and oxygen atoms in total. The third-order valence-electron chi connectivity index (χ3n) is 4.14. The Morgan fingerprint density at radius 2 is 2.04 bits per heavy atom. The van der Waals surface area contributed by atoms with Crippen molar-refractivity contribution in [3.63, 3.8) is 0 Å². The Labute approximate surface area is 145 Å². The SMILES string of the molecule is CO[C@@H]1CCN(c2ccc(NC(=O)c3ccc(F)cc3Cl)cc2)C1. The summed E-state index contributed by atoms with van der Waals surface area (Å²) in [6, 6.07) is 11.3. The molecule has 2 aromatic carbocycles. The summed E-state index contributed by atoms with van der Waals surface area (Å²) in [6.45, 7) is 1.82. The summed E-state index contributed by atoms with van der Waals surface area (Å²) in [5.74, 6) is -0.839. The number of amides is 1. The van der Waals surface area contributed by atoms with Gasteiger partial charge in [-0.05, 0) is 48.9 Å². The predicted octanol–water partition coefficient (Wildman–Crippen LogP) is 3.96. The quantitative estimate of drug-likeness (QED) is 0.909. The normalized spacial score (nSPS) is 17.1. The molecule has 6 heteroatoms. The van der Waals surface area contributed by atoms with Gasteiger partial charge in [0.1, 0.15) is 5.82 Å². The zero-order valence-corrected chi connectivity index (χ0v) is 14.0. The van der Waals surface area contributed by atoms with Crippen molar-refractivity contribution in [3.05, 3.63) is 58.9 Å². The van der Waals surface area contributed by atoms with Gasteiger partial charge in [0, 0.05) is 31.6 Å². The van der Waals surface area contributed by atoms with Crippen molar-refractivity contribution in [3.8, 4) is 0 Å². The highest BCUT2D eigenvalue weighted by molar-refractivity contribution is 6.34. The number of rotatable bonds is 4. The van der Waals surface area contributed by atoms with Gasteiger partial charge in [-0.2, -0.15) is 0 Å². The monoisotopic (exact) mass is 348 g/mol. The number of benzene rings is 2. The van der Waals surface area contributed by atoms with E-state index >= 15 is 0 Å². The van der Waals surface area contributed by atoms with Gasteiger partial charge in [0.25, 0.3) is 5.91 Å². The van der Waals surface area contributed by atoms with E-state index in [0.29, 0.717) is 5.69 Å². The van der Waals surface area contributed by atoms with Crippen molar-refractivity contribution >= 4 is 28.9 Å². The number of nitrogens with one attached hydrogen (secondary N) is 1. The molecule has 1 atom stereocenters. The summed E-state index contributed by atoms with van der Waals surface area (Å²) < 4.78 is 18.4. The van der Waals surface area contributed by atoms with Gasteiger partial charge in [-0.1, -0.05) is 11.6 Å². The van der Waals surface area contributed by atoms with Crippen LogP contribution in [0.2, 0.25) is 5.02 Å². The fourth-order valence-electron chi connectivity index (χ4n) is 2.78. The summed E-state index contributed by atoms with van der Waals surface area (Å²) in [5, 5.41) is 2.86. The molecule has 0 spiro atoms. The van der Waals surface area contributed by atoms with Crippen LogP contribution in [0.5, 0.6) is 0 Å². The fraction of sp³-hybridized carbons (Fsp3) is 0.278. The van der Waals surface area contributed by atoms with Gasteiger partial charge in [-0.3, -0.25) is 4.79 Å². The maximum Gasteiger partial charge on any atom is 0.257 e. The van der Waals surface area contributed by atoms with Crippen molar-refractivity contribution in [2.75, 3.05) is 30.4 Å². The molecule has 1 fully saturated rings. The molecule has 2 aromatic rings. The Balaban J connectivity index is 1.67. The summed E-state index contributed by atoms with van der Waals surface area (Å²) in [4.78, 5) is 14.5. The number of anilines is 2. The van der Waals surface area contributed by atoms with E-state index in [-0.39, 0.29) is 22.6 Å². The Bertz CT molecular complexity index is 736. The molecule has 0 unspecified atom stereocenters. The van der Waals surface area contributed by atoms with Crippen LogP contribution in [0.15, 0.2) is 42.5 Å². The smallest absolute Gasteiger partial charge is 0.257 e. The Morgan fingerprint density at radius 3 is 2.67 bits per heavy atom. The van der Waals surface area contributed by atoms with Crippen molar-refractivity contribution in [1.82, 2.24) is 0 Å². The van der Waals surface area contributed by atoms with Crippen molar-refractivity contribution < 1.29 is 13.9 Å². The van der Waals surface area contributed by atoms with E-state index in [1.807, 2.05) is 24.3 Å². The molecule has 1 aliphatic rings. The van der Waals surface area contributed by atoms with Gasteiger partial charge in [0.15, 0.2) is 0 Å². The molecule has 1 amide bonds. The highest BCUT2D eigenvalue weighted by Gasteiger charge is 2.22. The Kier molecular flexibility index (Phi) is 5.02. The molecule has 1 saturated heterocycles.